The van der Waals surface area contributed by atoms with Crippen molar-refractivity contribution in [3.8, 4) is 0 Å². The number of nitrogens with one attached hydrogen (secondary N) is 1. The Morgan fingerprint density at radius 1 is 1.71 bits per heavy atom. The molecule has 0 spiro atoms. The minimum atomic E-state index is -0.349. The highest BCUT2D eigenvalue weighted by atomic mass is 16.1. The van der Waals surface area contributed by atoms with Crippen molar-refractivity contribution in [2.75, 3.05) is 0 Å². The normalized spacial score (nSPS) is 12.4. The van der Waals surface area contributed by atoms with E-state index in [1.54, 1.807) is 13.1 Å². The number of carbonyl (C=O) groups excluding carboxylic acids is 1. The molecule has 1 heterocycles. The molecule has 0 aromatic carbocycles. The SMILES string of the molecule is Cc1cccnc1CN[C@@H](C)C(N)=O. The maximum absolute atomic E-state index is 10.7. The predicted molar refractivity (Wildman–Crippen MR) is 54.5 cm³/mol. The molecule has 1 amide bonds. The van der Waals surface area contributed by atoms with Gasteiger partial charge >= 0.3 is 0 Å². The summed E-state index contributed by atoms with van der Waals surface area (Å²) in [5.41, 5.74) is 7.17. The summed E-state index contributed by atoms with van der Waals surface area (Å²) in [7, 11) is 0. The number of pyridine rings is 1. The van der Waals surface area contributed by atoms with Crippen LogP contribution in [0.4, 0.5) is 0 Å². The summed E-state index contributed by atoms with van der Waals surface area (Å²) in [4.78, 5) is 14.9. The van der Waals surface area contributed by atoms with E-state index in [2.05, 4.69) is 10.3 Å². The molecule has 0 saturated heterocycles. The lowest BCUT2D eigenvalue weighted by atomic mass is 10.2. The molecular weight excluding hydrogens is 178 g/mol. The van der Waals surface area contributed by atoms with Crippen LogP contribution in [0.1, 0.15) is 18.2 Å². The van der Waals surface area contributed by atoms with Gasteiger partial charge in [-0.1, -0.05) is 6.07 Å². The number of carbonyl (C=O) groups is 1. The summed E-state index contributed by atoms with van der Waals surface area (Å²) in [6.45, 7) is 4.29. The summed E-state index contributed by atoms with van der Waals surface area (Å²) in [5, 5.41) is 3.00. The van der Waals surface area contributed by atoms with Crippen molar-refractivity contribution >= 4 is 5.91 Å². The molecule has 1 rings (SSSR count). The number of hydrogen-bond acceptors (Lipinski definition) is 3. The summed E-state index contributed by atoms with van der Waals surface area (Å²) < 4.78 is 0. The van der Waals surface area contributed by atoms with Gasteiger partial charge in [0.05, 0.1) is 11.7 Å². The Kier molecular flexibility index (Phi) is 3.59. The molecule has 0 aliphatic heterocycles. The lowest BCUT2D eigenvalue weighted by molar-refractivity contribution is -0.119. The number of primary amides is 1. The van der Waals surface area contributed by atoms with Gasteiger partial charge in [-0.25, -0.2) is 0 Å². The highest BCUT2D eigenvalue weighted by molar-refractivity contribution is 5.79. The number of aryl methyl sites for hydroxylation is 1. The van der Waals surface area contributed by atoms with Crippen LogP contribution in [0.15, 0.2) is 18.3 Å². The standard InChI is InChI=1S/C10H15N3O/c1-7-4-3-5-12-9(7)6-13-8(2)10(11)14/h3-5,8,13H,6H2,1-2H3,(H2,11,14)/t8-/m0/s1. The lowest BCUT2D eigenvalue weighted by Gasteiger charge is -2.10. The van der Waals surface area contributed by atoms with Crippen LogP contribution in [-0.2, 0) is 11.3 Å². The van der Waals surface area contributed by atoms with Gasteiger partial charge in [0.2, 0.25) is 5.91 Å². The first-order valence-corrected chi connectivity index (χ1v) is 4.54. The van der Waals surface area contributed by atoms with Gasteiger partial charge in [0.15, 0.2) is 0 Å². The molecule has 0 radical (unpaired) electrons. The van der Waals surface area contributed by atoms with E-state index in [0.29, 0.717) is 6.54 Å². The minimum Gasteiger partial charge on any atom is -0.368 e. The van der Waals surface area contributed by atoms with E-state index < -0.39 is 0 Å². The van der Waals surface area contributed by atoms with Crippen molar-refractivity contribution in [3.05, 3.63) is 29.6 Å². The summed E-state index contributed by atoms with van der Waals surface area (Å²) in [5.74, 6) is -0.349. The fourth-order valence-corrected chi connectivity index (χ4v) is 1.05. The number of rotatable bonds is 4. The average molecular weight is 193 g/mol. The van der Waals surface area contributed by atoms with Crippen molar-refractivity contribution < 1.29 is 4.79 Å². The number of hydrogen-bond donors (Lipinski definition) is 2. The monoisotopic (exact) mass is 193 g/mol. The highest BCUT2D eigenvalue weighted by Gasteiger charge is 2.07. The van der Waals surface area contributed by atoms with E-state index in [-0.39, 0.29) is 11.9 Å². The van der Waals surface area contributed by atoms with Crippen LogP contribution in [0, 0.1) is 6.92 Å². The molecule has 0 aliphatic rings. The Bertz CT molecular complexity index is 325. The molecule has 1 aromatic heterocycles. The van der Waals surface area contributed by atoms with Crippen molar-refractivity contribution in [2.45, 2.75) is 26.4 Å². The number of nitrogens with zero attached hydrogens (tertiary/aromatic N) is 1. The number of amides is 1. The molecular formula is C10H15N3O. The third-order valence-electron chi connectivity index (χ3n) is 2.12. The molecule has 0 bridgehead atoms. The molecule has 0 saturated carbocycles. The van der Waals surface area contributed by atoms with Crippen molar-refractivity contribution in [2.24, 2.45) is 5.73 Å². The third kappa shape index (κ3) is 2.81. The second-order valence-corrected chi connectivity index (χ2v) is 3.27. The van der Waals surface area contributed by atoms with Gasteiger partial charge < -0.3 is 11.1 Å². The summed E-state index contributed by atoms with van der Waals surface area (Å²) in [6, 6.07) is 3.55. The largest absolute Gasteiger partial charge is 0.368 e. The molecule has 1 aromatic rings. The van der Waals surface area contributed by atoms with Gasteiger partial charge in [0, 0.05) is 12.7 Å². The van der Waals surface area contributed by atoms with E-state index in [0.717, 1.165) is 11.3 Å². The lowest BCUT2D eigenvalue weighted by Crippen LogP contribution is -2.38. The Balaban J connectivity index is 2.54. The Morgan fingerprint density at radius 2 is 2.43 bits per heavy atom. The van der Waals surface area contributed by atoms with Crippen LogP contribution in [0.25, 0.3) is 0 Å². The summed E-state index contributed by atoms with van der Waals surface area (Å²) in [6.07, 6.45) is 1.74. The first-order valence-electron chi connectivity index (χ1n) is 4.54. The highest BCUT2D eigenvalue weighted by Crippen LogP contribution is 2.02. The molecule has 0 fully saturated rings. The van der Waals surface area contributed by atoms with Gasteiger partial charge in [-0.15, -0.1) is 0 Å². The van der Waals surface area contributed by atoms with Crippen LogP contribution in [-0.4, -0.2) is 16.9 Å². The van der Waals surface area contributed by atoms with Crippen LogP contribution in [0.5, 0.6) is 0 Å². The van der Waals surface area contributed by atoms with Gasteiger partial charge in [0.25, 0.3) is 0 Å². The number of nitrogens with two attached hydrogens (primary N) is 1. The molecule has 4 nitrogen and oxygen atoms in total. The maximum atomic E-state index is 10.7. The fraction of sp³-hybridized carbons (Fsp3) is 0.400. The van der Waals surface area contributed by atoms with E-state index in [9.17, 15) is 4.79 Å². The zero-order valence-electron chi connectivity index (χ0n) is 8.45. The zero-order chi connectivity index (χ0) is 10.6. The van der Waals surface area contributed by atoms with Gasteiger partial charge in [0.1, 0.15) is 0 Å². The number of aromatic nitrogens is 1. The van der Waals surface area contributed by atoms with Crippen LogP contribution in [0.2, 0.25) is 0 Å². The Hall–Kier alpha value is -1.42. The molecule has 3 N–H and O–H groups in total. The van der Waals surface area contributed by atoms with Crippen molar-refractivity contribution in [1.82, 2.24) is 10.3 Å². The minimum absolute atomic E-state index is 0.323. The van der Waals surface area contributed by atoms with Crippen LogP contribution < -0.4 is 11.1 Å². The van der Waals surface area contributed by atoms with Crippen molar-refractivity contribution in [1.29, 1.82) is 0 Å². The molecule has 76 valence electrons. The zero-order valence-corrected chi connectivity index (χ0v) is 8.45. The predicted octanol–water partition coefficient (Wildman–Crippen LogP) is 0.353. The fourth-order valence-electron chi connectivity index (χ4n) is 1.05. The second-order valence-electron chi connectivity index (χ2n) is 3.27. The van der Waals surface area contributed by atoms with E-state index in [4.69, 9.17) is 5.73 Å². The van der Waals surface area contributed by atoms with Gasteiger partial charge in [-0.05, 0) is 25.5 Å². The van der Waals surface area contributed by atoms with E-state index in [1.807, 2.05) is 19.1 Å². The van der Waals surface area contributed by atoms with Gasteiger partial charge in [-0.3, -0.25) is 9.78 Å². The van der Waals surface area contributed by atoms with E-state index in [1.165, 1.54) is 0 Å². The third-order valence-corrected chi connectivity index (χ3v) is 2.12. The molecule has 0 unspecified atom stereocenters. The Morgan fingerprint density at radius 3 is 3.00 bits per heavy atom. The van der Waals surface area contributed by atoms with Gasteiger partial charge in [-0.2, -0.15) is 0 Å². The first-order chi connectivity index (χ1) is 6.61. The van der Waals surface area contributed by atoms with Crippen LogP contribution >= 0.6 is 0 Å². The van der Waals surface area contributed by atoms with Crippen LogP contribution in [0.3, 0.4) is 0 Å². The second kappa shape index (κ2) is 4.72. The smallest absolute Gasteiger partial charge is 0.234 e. The molecule has 1 atom stereocenters. The molecule has 0 aliphatic carbocycles. The van der Waals surface area contributed by atoms with E-state index >= 15 is 0 Å². The first kappa shape index (κ1) is 10.7. The topological polar surface area (TPSA) is 68.0 Å². The van der Waals surface area contributed by atoms with Crippen molar-refractivity contribution in [3.63, 3.8) is 0 Å². The maximum Gasteiger partial charge on any atom is 0.234 e. The molecule has 4 heteroatoms. The quantitative estimate of drug-likeness (QED) is 0.725. The molecule has 14 heavy (non-hydrogen) atoms. The summed E-state index contributed by atoms with van der Waals surface area (Å²) >= 11 is 0. The average Bonchev–Trinajstić information content (AvgIpc) is 2.16. The Labute approximate surface area is 83.5 Å².